The number of fused-ring (bicyclic) bond motifs is 2. The molecular formula is C22H29F5O3. The van der Waals surface area contributed by atoms with Crippen molar-refractivity contribution < 1.29 is 35.8 Å². The second-order valence-corrected chi connectivity index (χ2v) is 4.76. The highest BCUT2D eigenvalue weighted by molar-refractivity contribution is 5.77. The fourth-order valence-corrected chi connectivity index (χ4v) is 2.02. The minimum Gasteiger partial charge on any atom is -0.452 e. The van der Waals surface area contributed by atoms with Crippen molar-refractivity contribution in [3.05, 3.63) is 60.4 Å². The van der Waals surface area contributed by atoms with Gasteiger partial charge in [-0.05, 0) is 24.3 Å². The molecule has 0 bridgehead atoms. The van der Waals surface area contributed by atoms with Crippen LogP contribution in [0.5, 0.6) is 11.5 Å². The van der Waals surface area contributed by atoms with Gasteiger partial charge in [-0.1, -0.05) is 72.9 Å². The summed E-state index contributed by atoms with van der Waals surface area (Å²) in [5, 5.41) is 0.467. The lowest BCUT2D eigenvalue weighted by atomic mass is 10.2. The molecule has 0 radical (unpaired) electrons. The Kier molecular flexibility index (Phi) is 12.5. The van der Waals surface area contributed by atoms with E-state index in [0.717, 1.165) is 6.07 Å². The lowest BCUT2D eigenvalue weighted by Crippen LogP contribution is -2.25. The van der Waals surface area contributed by atoms with Crippen molar-refractivity contribution in [1.82, 2.24) is 0 Å². The monoisotopic (exact) mass is 436 g/mol. The van der Waals surface area contributed by atoms with E-state index in [0.29, 0.717) is 5.39 Å². The van der Waals surface area contributed by atoms with E-state index in [-0.39, 0.29) is 31.9 Å². The second kappa shape index (κ2) is 12.7. The highest BCUT2D eigenvalue weighted by Crippen LogP contribution is 2.40. The van der Waals surface area contributed by atoms with Gasteiger partial charge < -0.3 is 13.9 Å². The lowest BCUT2D eigenvalue weighted by Gasteiger charge is -2.04. The molecule has 0 spiro atoms. The summed E-state index contributed by atoms with van der Waals surface area (Å²) in [5.41, 5.74) is 0.259. The lowest BCUT2D eigenvalue weighted by molar-refractivity contribution is -0.286. The number of para-hydroxylation sites is 3. The predicted octanol–water partition coefficient (Wildman–Crippen LogP) is 8.78. The number of halogens is 5. The van der Waals surface area contributed by atoms with Gasteiger partial charge in [0.25, 0.3) is 0 Å². The Hall–Kier alpha value is -2.77. The van der Waals surface area contributed by atoms with Crippen LogP contribution in [0.3, 0.4) is 0 Å². The minimum atomic E-state index is -4.40. The van der Waals surface area contributed by atoms with E-state index in [9.17, 15) is 22.0 Å². The Bertz CT molecular complexity index is 797. The first-order valence-electron chi connectivity index (χ1n) is 8.65. The zero-order chi connectivity index (χ0) is 21.4. The molecule has 0 amide bonds. The van der Waals surface area contributed by atoms with Gasteiger partial charge in [0.2, 0.25) is 5.76 Å². The molecule has 2 aromatic carbocycles. The summed E-state index contributed by atoms with van der Waals surface area (Å²) in [6, 6.07) is 13.4. The van der Waals surface area contributed by atoms with Gasteiger partial charge in [-0.15, -0.1) is 8.78 Å². The highest BCUT2D eigenvalue weighted by atomic mass is 19.4. The molecule has 0 aliphatic carbocycles. The van der Waals surface area contributed by atoms with Crippen LogP contribution in [-0.4, -0.2) is 6.29 Å². The maximum atomic E-state index is 12.3. The van der Waals surface area contributed by atoms with Gasteiger partial charge in [-0.2, -0.15) is 13.2 Å². The predicted molar refractivity (Wildman–Crippen MR) is 110 cm³/mol. The molecule has 2 heterocycles. The van der Waals surface area contributed by atoms with Crippen LogP contribution in [0.4, 0.5) is 22.0 Å². The summed E-state index contributed by atoms with van der Waals surface area (Å²) in [7, 11) is 0. The number of alkyl halides is 5. The van der Waals surface area contributed by atoms with E-state index in [1.54, 1.807) is 30.3 Å². The third kappa shape index (κ3) is 7.93. The Labute approximate surface area is 174 Å². The van der Waals surface area contributed by atoms with Crippen molar-refractivity contribution in [2.24, 2.45) is 0 Å². The normalized spacial score (nSPS) is 12.4. The van der Waals surface area contributed by atoms with Gasteiger partial charge in [0.1, 0.15) is 5.58 Å². The van der Waals surface area contributed by atoms with Gasteiger partial charge in [0.05, 0.1) is 0 Å². The first-order chi connectivity index (χ1) is 13.2. The first kappa shape index (κ1) is 29.4. The van der Waals surface area contributed by atoms with Crippen LogP contribution in [0.25, 0.3) is 11.0 Å². The molecule has 0 saturated carbocycles. The summed E-state index contributed by atoms with van der Waals surface area (Å²) >= 11 is 0. The van der Waals surface area contributed by atoms with E-state index < -0.39 is 18.2 Å². The van der Waals surface area contributed by atoms with Crippen LogP contribution in [0.2, 0.25) is 0 Å². The van der Waals surface area contributed by atoms with Crippen LogP contribution in [0, 0.1) is 0 Å². The molecule has 1 aliphatic rings. The molecule has 0 N–H and O–H groups in total. The molecule has 30 heavy (non-hydrogen) atoms. The van der Waals surface area contributed by atoms with Gasteiger partial charge in [-0.25, -0.2) is 0 Å². The van der Waals surface area contributed by atoms with E-state index in [4.69, 9.17) is 0 Å². The van der Waals surface area contributed by atoms with Gasteiger partial charge >= 0.3 is 12.5 Å². The minimum absolute atomic E-state index is 0. The van der Waals surface area contributed by atoms with Crippen LogP contribution >= 0.6 is 0 Å². The van der Waals surface area contributed by atoms with Crippen LogP contribution in [0.1, 0.15) is 48.3 Å². The van der Waals surface area contributed by atoms with Crippen molar-refractivity contribution in [2.45, 2.75) is 55.0 Å². The summed E-state index contributed by atoms with van der Waals surface area (Å²) in [5.74, 6) is -0.788. The molecule has 0 saturated heterocycles. The van der Waals surface area contributed by atoms with Gasteiger partial charge in [0, 0.05) is 5.39 Å². The number of hydrogen-bond donors (Lipinski definition) is 0. The third-order valence-corrected chi connectivity index (χ3v) is 3.01. The van der Waals surface area contributed by atoms with Crippen LogP contribution in [0.15, 0.2) is 59.0 Å². The first-order valence-corrected chi connectivity index (χ1v) is 8.65. The molecule has 8 heteroatoms. The fraction of sp³-hybridized carbons (Fsp3) is 0.364. The molecule has 0 atom stereocenters. The molecule has 1 aromatic heterocycles. The highest BCUT2D eigenvalue weighted by Gasteiger charge is 2.43. The maximum Gasteiger partial charge on any atom is 0.586 e. The smallest absolute Gasteiger partial charge is 0.452 e. The summed E-state index contributed by atoms with van der Waals surface area (Å²) in [4.78, 5) is 0. The zero-order valence-electron chi connectivity index (χ0n) is 15.8. The number of hydrogen-bond acceptors (Lipinski definition) is 3. The summed E-state index contributed by atoms with van der Waals surface area (Å²) in [6.45, 7) is 8.00. The number of ether oxygens (including phenoxy) is 2. The van der Waals surface area contributed by atoms with E-state index >= 15 is 0 Å². The second-order valence-electron chi connectivity index (χ2n) is 4.76. The Balaban J connectivity index is 0. The number of rotatable bonds is 0. The molecule has 1 aliphatic heterocycles. The maximum absolute atomic E-state index is 12.3. The van der Waals surface area contributed by atoms with Gasteiger partial charge in [0.15, 0.2) is 11.5 Å². The molecule has 4 rings (SSSR count). The Morgan fingerprint density at radius 1 is 0.733 bits per heavy atom. The standard InChI is InChI=1S/C9H5F3O.C7H4F2O2.2C2H6.2CH4/c10-9(11,12)8-5-6-3-1-2-4-7(6)13-8;8-7(9)10-5-3-1-2-4-6(5)11-7;2*1-2;;/h1-5H;1-4H;2*1-2H3;2*1H4. The van der Waals surface area contributed by atoms with E-state index in [1.165, 1.54) is 18.2 Å². The average molecular weight is 436 g/mol. The Morgan fingerprint density at radius 3 is 1.60 bits per heavy atom. The van der Waals surface area contributed by atoms with E-state index in [1.807, 2.05) is 27.7 Å². The molecule has 0 fully saturated rings. The summed E-state index contributed by atoms with van der Waals surface area (Å²) < 4.78 is 73.9. The van der Waals surface area contributed by atoms with Crippen molar-refractivity contribution in [2.75, 3.05) is 0 Å². The largest absolute Gasteiger partial charge is 0.586 e. The van der Waals surface area contributed by atoms with E-state index in [2.05, 4.69) is 13.9 Å². The van der Waals surface area contributed by atoms with Crippen molar-refractivity contribution in [3.8, 4) is 11.5 Å². The Morgan fingerprint density at radius 2 is 1.17 bits per heavy atom. The van der Waals surface area contributed by atoms with Crippen molar-refractivity contribution >= 4 is 11.0 Å². The third-order valence-electron chi connectivity index (χ3n) is 3.01. The SMILES string of the molecule is C.C.CC.CC.FC(F)(F)c1cc2ccccc2o1.FC1(F)Oc2ccccc2O1. The van der Waals surface area contributed by atoms with Crippen LogP contribution in [-0.2, 0) is 6.18 Å². The average Bonchev–Trinajstić information content (AvgIpc) is 3.24. The van der Waals surface area contributed by atoms with Crippen molar-refractivity contribution in [3.63, 3.8) is 0 Å². The quantitative estimate of drug-likeness (QED) is 0.330. The van der Waals surface area contributed by atoms with Crippen molar-refractivity contribution in [1.29, 1.82) is 0 Å². The molecule has 3 aromatic rings. The fourth-order valence-electron chi connectivity index (χ4n) is 2.02. The number of furan rings is 1. The molecule has 170 valence electrons. The molecular weight excluding hydrogens is 407 g/mol. The van der Waals surface area contributed by atoms with Crippen LogP contribution < -0.4 is 9.47 Å². The number of benzene rings is 2. The summed E-state index contributed by atoms with van der Waals surface area (Å²) in [6.07, 6.45) is -7.90. The van der Waals surface area contributed by atoms with Gasteiger partial charge in [-0.3, -0.25) is 0 Å². The zero-order valence-corrected chi connectivity index (χ0v) is 15.8. The topological polar surface area (TPSA) is 31.6 Å². The molecule has 3 nitrogen and oxygen atoms in total. The molecule has 0 unspecified atom stereocenters.